The van der Waals surface area contributed by atoms with Gasteiger partial charge in [-0.2, -0.15) is 0 Å². The summed E-state index contributed by atoms with van der Waals surface area (Å²) in [5.41, 5.74) is 6.27. The van der Waals surface area contributed by atoms with Gasteiger partial charge in [-0.25, -0.2) is 4.79 Å². The molecule has 292 valence electrons. The van der Waals surface area contributed by atoms with Crippen LogP contribution in [0.25, 0.3) is 0 Å². The molecule has 3 N–H and O–H groups in total. The maximum atomic E-state index is 11.6. The zero-order valence-electron chi connectivity index (χ0n) is 29.8. The first-order valence-electron chi connectivity index (χ1n) is 17.4. The van der Waals surface area contributed by atoms with Crippen molar-refractivity contribution in [2.45, 2.75) is 6.61 Å². The number of carbonyl (C=O) groups excluding carboxylic acids is 1. The molecule has 50 heavy (non-hydrogen) atoms. The molecule has 0 aliphatic heterocycles. The van der Waals surface area contributed by atoms with E-state index in [9.17, 15) is 4.79 Å². The predicted octanol–water partition coefficient (Wildman–Crippen LogP) is 1.07. The van der Waals surface area contributed by atoms with Crippen LogP contribution in [0.1, 0.15) is 5.56 Å². The molecular formula is C34H62N2O14. The van der Waals surface area contributed by atoms with E-state index in [4.69, 9.17) is 67.3 Å². The number of rotatable bonds is 40. The number of alkyl carbamates (subject to hydrolysis) is 1. The standard InChI is InChI=1S/C34H62N2O14/c35-6-8-38-10-12-40-14-16-42-18-20-44-22-24-46-26-28-48-30-31-49-29-27-47-25-23-45-21-19-43-17-15-41-13-11-39-9-7-36-34(37)50-32-33-4-2-1-3-5-33/h1-5H,6-32,35H2,(H,36,37). The Morgan fingerprint density at radius 2 is 0.700 bits per heavy atom. The van der Waals surface area contributed by atoms with E-state index in [1.165, 1.54) is 0 Å². The fourth-order valence-corrected chi connectivity index (χ4v) is 3.60. The number of carbonyl (C=O) groups is 1. The van der Waals surface area contributed by atoms with Crippen molar-refractivity contribution in [1.29, 1.82) is 0 Å². The third-order valence-corrected chi connectivity index (χ3v) is 6.08. The highest BCUT2D eigenvalue weighted by molar-refractivity contribution is 5.67. The first-order valence-corrected chi connectivity index (χ1v) is 17.4. The summed E-state index contributed by atoms with van der Waals surface area (Å²) in [6.07, 6.45) is -0.470. The number of benzene rings is 1. The number of nitrogens with one attached hydrogen (secondary N) is 1. The van der Waals surface area contributed by atoms with Crippen molar-refractivity contribution >= 4 is 6.09 Å². The lowest BCUT2D eigenvalue weighted by atomic mass is 10.2. The molecule has 16 heteroatoms. The van der Waals surface area contributed by atoms with Crippen LogP contribution >= 0.6 is 0 Å². The largest absolute Gasteiger partial charge is 0.445 e. The van der Waals surface area contributed by atoms with Gasteiger partial charge in [0.05, 0.1) is 159 Å². The van der Waals surface area contributed by atoms with Crippen LogP contribution < -0.4 is 11.1 Å². The Morgan fingerprint density at radius 1 is 0.420 bits per heavy atom. The number of nitrogens with two attached hydrogens (primary N) is 1. The van der Waals surface area contributed by atoms with Gasteiger partial charge in [-0.05, 0) is 5.56 Å². The van der Waals surface area contributed by atoms with Gasteiger partial charge in [0.1, 0.15) is 6.61 Å². The predicted molar refractivity (Wildman–Crippen MR) is 184 cm³/mol. The molecule has 0 aromatic heterocycles. The first kappa shape index (κ1) is 46.0. The molecule has 0 unspecified atom stereocenters. The van der Waals surface area contributed by atoms with Gasteiger partial charge in [0.15, 0.2) is 0 Å². The molecular weight excluding hydrogens is 660 g/mol. The maximum absolute atomic E-state index is 11.6. The highest BCUT2D eigenvalue weighted by atomic mass is 16.6. The topological polar surface area (TPSA) is 175 Å². The van der Waals surface area contributed by atoms with Gasteiger partial charge in [-0.1, -0.05) is 30.3 Å². The van der Waals surface area contributed by atoms with E-state index < -0.39 is 6.09 Å². The Labute approximate surface area is 297 Å². The van der Waals surface area contributed by atoms with Crippen LogP contribution in [0.2, 0.25) is 0 Å². The average molecular weight is 723 g/mol. The second-order valence-electron chi connectivity index (χ2n) is 10.1. The van der Waals surface area contributed by atoms with Gasteiger partial charge in [0.25, 0.3) is 0 Å². The Kier molecular flexibility index (Phi) is 36.6. The van der Waals surface area contributed by atoms with Crippen LogP contribution in [-0.2, 0) is 68.2 Å². The highest BCUT2D eigenvalue weighted by Crippen LogP contribution is 2.00. The molecule has 0 fully saturated rings. The summed E-state index contributed by atoms with van der Waals surface area (Å²) in [5, 5.41) is 2.64. The molecule has 0 heterocycles. The lowest BCUT2D eigenvalue weighted by molar-refractivity contribution is -0.0282. The zero-order chi connectivity index (χ0) is 35.7. The second kappa shape index (κ2) is 39.8. The third kappa shape index (κ3) is 35.8. The molecule has 0 aliphatic rings. The fraction of sp³-hybridized carbons (Fsp3) is 0.794. The Balaban J connectivity index is 1.63. The van der Waals surface area contributed by atoms with Crippen LogP contribution in [-0.4, -0.2) is 178 Å². The molecule has 0 atom stereocenters. The minimum atomic E-state index is -0.470. The van der Waals surface area contributed by atoms with Crippen LogP contribution in [0, 0.1) is 0 Å². The highest BCUT2D eigenvalue weighted by Gasteiger charge is 2.02. The Bertz CT molecular complexity index is 815. The van der Waals surface area contributed by atoms with E-state index in [1.54, 1.807) is 0 Å². The van der Waals surface area contributed by atoms with Gasteiger partial charge >= 0.3 is 6.09 Å². The summed E-state index contributed by atoms with van der Waals surface area (Å²) in [4.78, 5) is 11.6. The van der Waals surface area contributed by atoms with Crippen molar-refractivity contribution in [3.63, 3.8) is 0 Å². The molecule has 0 aliphatic carbocycles. The van der Waals surface area contributed by atoms with Crippen LogP contribution in [0.15, 0.2) is 30.3 Å². The molecule has 1 aromatic rings. The molecule has 0 saturated carbocycles. The van der Waals surface area contributed by atoms with Crippen molar-refractivity contribution in [2.24, 2.45) is 5.73 Å². The van der Waals surface area contributed by atoms with E-state index in [-0.39, 0.29) is 6.61 Å². The van der Waals surface area contributed by atoms with Gasteiger partial charge in [0, 0.05) is 13.1 Å². The van der Waals surface area contributed by atoms with E-state index in [0.29, 0.717) is 172 Å². The van der Waals surface area contributed by atoms with E-state index in [0.717, 1.165) is 5.56 Å². The lowest BCUT2D eigenvalue weighted by Gasteiger charge is -2.09. The van der Waals surface area contributed by atoms with Gasteiger partial charge in [-0.15, -0.1) is 0 Å². The third-order valence-electron chi connectivity index (χ3n) is 6.08. The second-order valence-corrected chi connectivity index (χ2v) is 10.1. The lowest BCUT2D eigenvalue weighted by Crippen LogP contribution is -2.28. The molecule has 0 radical (unpaired) electrons. The monoisotopic (exact) mass is 722 g/mol. The molecule has 0 saturated heterocycles. The van der Waals surface area contributed by atoms with Crippen LogP contribution in [0.3, 0.4) is 0 Å². The van der Waals surface area contributed by atoms with Crippen LogP contribution in [0.5, 0.6) is 0 Å². The first-order chi connectivity index (χ1) is 24.8. The van der Waals surface area contributed by atoms with Gasteiger partial charge in [-0.3, -0.25) is 0 Å². The SMILES string of the molecule is NCCOCCOCCOCCOCCOCCOCCOCCOCCOCCOCCOCCOCCNC(=O)OCc1ccccc1. The van der Waals surface area contributed by atoms with Crippen LogP contribution in [0.4, 0.5) is 4.79 Å². The minimum Gasteiger partial charge on any atom is -0.445 e. The molecule has 1 aromatic carbocycles. The Hall–Kier alpha value is -2.03. The van der Waals surface area contributed by atoms with E-state index >= 15 is 0 Å². The van der Waals surface area contributed by atoms with Crippen molar-refractivity contribution < 1.29 is 66.4 Å². The van der Waals surface area contributed by atoms with Crippen molar-refractivity contribution in [3.05, 3.63) is 35.9 Å². The summed E-state index contributed by atoms with van der Waals surface area (Å²) < 4.78 is 70.3. The van der Waals surface area contributed by atoms with Gasteiger partial charge in [0.2, 0.25) is 0 Å². The quantitative estimate of drug-likeness (QED) is 0.0920. The summed E-state index contributed by atoms with van der Waals surface area (Å²) in [5.74, 6) is 0. The zero-order valence-corrected chi connectivity index (χ0v) is 29.8. The molecule has 0 bridgehead atoms. The molecule has 16 nitrogen and oxygen atoms in total. The smallest absolute Gasteiger partial charge is 0.407 e. The maximum Gasteiger partial charge on any atom is 0.407 e. The number of amides is 1. The fourth-order valence-electron chi connectivity index (χ4n) is 3.60. The molecule has 1 rings (SSSR count). The summed E-state index contributed by atoms with van der Waals surface area (Å²) in [7, 11) is 0. The van der Waals surface area contributed by atoms with Crippen molar-refractivity contribution in [1.82, 2.24) is 5.32 Å². The number of hydrogen-bond donors (Lipinski definition) is 2. The molecule has 0 spiro atoms. The van der Waals surface area contributed by atoms with Gasteiger partial charge < -0.3 is 72.6 Å². The van der Waals surface area contributed by atoms with E-state index in [1.807, 2.05) is 30.3 Å². The summed E-state index contributed by atoms with van der Waals surface area (Å²) in [6.45, 7) is 13.0. The van der Waals surface area contributed by atoms with E-state index in [2.05, 4.69) is 5.32 Å². The number of ether oxygens (including phenoxy) is 13. The summed E-state index contributed by atoms with van der Waals surface area (Å²) in [6, 6.07) is 9.50. The Morgan fingerprint density at radius 3 is 1.00 bits per heavy atom. The normalized spacial score (nSPS) is 11.3. The minimum absolute atomic E-state index is 0.236. The van der Waals surface area contributed by atoms with Crippen molar-refractivity contribution in [2.75, 3.05) is 172 Å². The van der Waals surface area contributed by atoms with Crippen molar-refractivity contribution in [3.8, 4) is 0 Å². The molecule has 1 amide bonds. The summed E-state index contributed by atoms with van der Waals surface area (Å²) >= 11 is 0. The number of hydrogen-bond acceptors (Lipinski definition) is 15. The average Bonchev–Trinajstić information content (AvgIpc) is 3.14.